The Kier molecular flexibility index (Phi) is 5.08. The zero-order chi connectivity index (χ0) is 19.5. The molecule has 1 saturated carbocycles. The second-order valence-electron chi connectivity index (χ2n) is 7.25. The second-order valence-corrected chi connectivity index (χ2v) is 7.25. The summed E-state index contributed by atoms with van der Waals surface area (Å²) in [5.74, 6) is -0.370. The van der Waals surface area contributed by atoms with Crippen molar-refractivity contribution in [3.63, 3.8) is 0 Å². The van der Waals surface area contributed by atoms with E-state index in [1.165, 1.54) is 0 Å². The van der Waals surface area contributed by atoms with E-state index in [0.29, 0.717) is 16.8 Å². The smallest absolute Gasteiger partial charge is 0.255 e. The molecule has 3 aromatic rings. The van der Waals surface area contributed by atoms with Gasteiger partial charge in [-0.1, -0.05) is 6.07 Å². The molecule has 0 aliphatic heterocycles. The van der Waals surface area contributed by atoms with Crippen molar-refractivity contribution in [3.05, 3.63) is 59.9 Å². The molecule has 0 bridgehead atoms. The summed E-state index contributed by atoms with van der Waals surface area (Å²) < 4.78 is 0. The molecule has 144 valence electrons. The molecule has 0 spiro atoms. The van der Waals surface area contributed by atoms with Gasteiger partial charge < -0.3 is 21.4 Å². The van der Waals surface area contributed by atoms with Crippen LogP contribution in [0.3, 0.4) is 0 Å². The fourth-order valence-electron chi connectivity index (χ4n) is 3.55. The molecule has 7 heteroatoms. The summed E-state index contributed by atoms with van der Waals surface area (Å²) in [7, 11) is 0. The zero-order valence-electron chi connectivity index (χ0n) is 15.4. The summed E-state index contributed by atoms with van der Waals surface area (Å²) in [6.07, 6.45) is 5.26. The van der Waals surface area contributed by atoms with Gasteiger partial charge in [0.15, 0.2) is 0 Å². The molecule has 0 radical (unpaired) electrons. The lowest BCUT2D eigenvalue weighted by Gasteiger charge is -2.26. The van der Waals surface area contributed by atoms with E-state index in [0.717, 1.165) is 36.7 Å². The van der Waals surface area contributed by atoms with Crippen molar-refractivity contribution in [2.45, 2.75) is 37.8 Å². The first kappa shape index (κ1) is 18.2. The topological polar surface area (TPSA) is 113 Å². The number of fused-ring (bicyclic) bond motifs is 1. The first-order valence-corrected chi connectivity index (χ1v) is 9.49. The molecule has 7 nitrogen and oxygen atoms in total. The third kappa shape index (κ3) is 4.04. The number of nitrogens with one attached hydrogen (secondary N) is 3. The van der Waals surface area contributed by atoms with Gasteiger partial charge in [0.2, 0.25) is 0 Å². The Morgan fingerprint density at radius 2 is 1.79 bits per heavy atom. The number of nitrogens with zero attached hydrogens (tertiary/aromatic N) is 1. The quantitative estimate of drug-likeness (QED) is 0.560. The Hall–Kier alpha value is -3.19. The third-order valence-electron chi connectivity index (χ3n) is 5.17. The van der Waals surface area contributed by atoms with Crippen LogP contribution >= 0.6 is 0 Å². The van der Waals surface area contributed by atoms with Crippen molar-refractivity contribution in [2.75, 3.05) is 5.32 Å². The van der Waals surface area contributed by atoms with E-state index in [2.05, 4.69) is 20.6 Å². The molecule has 4 rings (SSSR count). The Labute approximate surface area is 162 Å². The lowest BCUT2D eigenvalue weighted by molar-refractivity contribution is 0.0925. The largest absolute Gasteiger partial charge is 0.349 e. The molecule has 1 fully saturated rings. The number of aromatic nitrogens is 2. The van der Waals surface area contributed by atoms with Gasteiger partial charge in [-0.05, 0) is 62.1 Å². The van der Waals surface area contributed by atoms with Crippen molar-refractivity contribution in [1.29, 1.82) is 0 Å². The minimum absolute atomic E-state index is 0.129. The number of carbonyl (C=O) groups is 2. The van der Waals surface area contributed by atoms with Crippen LogP contribution in [0.5, 0.6) is 0 Å². The minimum Gasteiger partial charge on any atom is -0.349 e. The zero-order valence-corrected chi connectivity index (χ0v) is 15.4. The van der Waals surface area contributed by atoms with Crippen LogP contribution in [-0.2, 0) is 0 Å². The maximum absolute atomic E-state index is 12.6. The number of aromatic amines is 1. The molecule has 2 amide bonds. The van der Waals surface area contributed by atoms with Crippen molar-refractivity contribution in [3.8, 4) is 0 Å². The molecule has 28 heavy (non-hydrogen) atoms. The summed E-state index contributed by atoms with van der Waals surface area (Å²) in [5.41, 5.74) is 9.14. The summed E-state index contributed by atoms with van der Waals surface area (Å²) in [4.78, 5) is 32.2. The molecule has 0 saturated heterocycles. The van der Waals surface area contributed by atoms with Gasteiger partial charge in [-0.15, -0.1) is 0 Å². The minimum atomic E-state index is -0.240. The molecular weight excluding hydrogens is 354 g/mol. The van der Waals surface area contributed by atoms with Gasteiger partial charge in [-0.2, -0.15) is 0 Å². The van der Waals surface area contributed by atoms with Gasteiger partial charge in [0.1, 0.15) is 0 Å². The molecular formula is C21H23N5O2. The van der Waals surface area contributed by atoms with E-state index in [9.17, 15) is 9.59 Å². The van der Waals surface area contributed by atoms with Crippen LogP contribution in [0, 0.1) is 0 Å². The maximum Gasteiger partial charge on any atom is 0.255 e. The average Bonchev–Trinajstić information content (AvgIpc) is 3.18. The van der Waals surface area contributed by atoms with Gasteiger partial charge in [0.25, 0.3) is 11.8 Å². The van der Waals surface area contributed by atoms with E-state index >= 15 is 0 Å². The van der Waals surface area contributed by atoms with E-state index in [1.54, 1.807) is 48.8 Å². The predicted octanol–water partition coefficient (Wildman–Crippen LogP) is 2.81. The predicted molar refractivity (Wildman–Crippen MR) is 108 cm³/mol. The van der Waals surface area contributed by atoms with Crippen LogP contribution in [0.1, 0.15) is 46.4 Å². The molecule has 0 atom stereocenters. The van der Waals surface area contributed by atoms with Gasteiger partial charge in [0, 0.05) is 28.9 Å². The second kappa shape index (κ2) is 7.82. The van der Waals surface area contributed by atoms with Crippen molar-refractivity contribution < 1.29 is 9.59 Å². The van der Waals surface area contributed by atoms with E-state index in [4.69, 9.17) is 5.73 Å². The highest BCUT2D eigenvalue weighted by Crippen LogP contribution is 2.19. The number of H-pyrrole nitrogens is 1. The van der Waals surface area contributed by atoms with Crippen molar-refractivity contribution >= 4 is 28.5 Å². The molecule has 0 unspecified atom stereocenters. The fourth-order valence-corrected chi connectivity index (χ4v) is 3.55. The first-order valence-electron chi connectivity index (χ1n) is 9.49. The lowest BCUT2D eigenvalue weighted by Crippen LogP contribution is -2.40. The van der Waals surface area contributed by atoms with Crippen LogP contribution in [0.15, 0.2) is 48.8 Å². The number of amides is 2. The van der Waals surface area contributed by atoms with E-state index in [1.807, 2.05) is 0 Å². The van der Waals surface area contributed by atoms with Gasteiger partial charge in [-0.3, -0.25) is 9.59 Å². The number of carbonyl (C=O) groups excluding carboxylic acids is 2. The normalized spacial score (nSPS) is 19.3. The molecule has 1 aliphatic rings. The molecule has 2 aromatic carbocycles. The monoisotopic (exact) mass is 377 g/mol. The SMILES string of the molecule is NC1CCC(NC(=O)c2cccc(NC(=O)c3ccc4nc[nH]c4c3)c2)CC1. The summed E-state index contributed by atoms with van der Waals surface area (Å²) in [5, 5.41) is 5.92. The van der Waals surface area contributed by atoms with Crippen molar-refractivity contribution in [1.82, 2.24) is 15.3 Å². The number of imidazole rings is 1. The maximum atomic E-state index is 12.6. The number of benzene rings is 2. The summed E-state index contributed by atoms with van der Waals surface area (Å²) >= 11 is 0. The van der Waals surface area contributed by atoms with Crippen LogP contribution in [0.2, 0.25) is 0 Å². The van der Waals surface area contributed by atoms with Crippen LogP contribution < -0.4 is 16.4 Å². The Bertz CT molecular complexity index is 1000. The number of nitrogens with two attached hydrogens (primary N) is 1. The Balaban J connectivity index is 1.42. The van der Waals surface area contributed by atoms with E-state index in [-0.39, 0.29) is 23.9 Å². The fraction of sp³-hybridized carbons (Fsp3) is 0.286. The number of rotatable bonds is 4. The summed E-state index contributed by atoms with van der Waals surface area (Å²) in [6, 6.07) is 12.6. The molecule has 1 aromatic heterocycles. The molecule has 1 heterocycles. The summed E-state index contributed by atoms with van der Waals surface area (Å²) in [6.45, 7) is 0. The van der Waals surface area contributed by atoms with Crippen LogP contribution in [-0.4, -0.2) is 33.9 Å². The number of anilines is 1. The Morgan fingerprint density at radius 1 is 1.00 bits per heavy atom. The number of hydrogen-bond acceptors (Lipinski definition) is 4. The van der Waals surface area contributed by atoms with Crippen LogP contribution in [0.4, 0.5) is 5.69 Å². The van der Waals surface area contributed by atoms with Gasteiger partial charge in [-0.25, -0.2) is 4.98 Å². The highest BCUT2D eigenvalue weighted by Gasteiger charge is 2.20. The van der Waals surface area contributed by atoms with Gasteiger partial charge in [0.05, 0.1) is 17.4 Å². The molecule has 1 aliphatic carbocycles. The standard InChI is InChI=1S/C21H23N5O2/c22-15-5-7-16(8-6-15)25-20(27)13-2-1-3-17(10-13)26-21(28)14-4-9-18-19(11-14)24-12-23-18/h1-4,9-12,15-16H,5-8,22H2,(H,23,24)(H,25,27)(H,26,28). The van der Waals surface area contributed by atoms with Crippen molar-refractivity contribution in [2.24, 2.45) is 5.73 Å². The highest BCUT2D eigenvalue weighted by atomic mass is 16.2. The third-order valence-corrected chi connectivity index (χ3v) is 5.17. The highest BCUT2D eigenvalue weighted by molar-refractivity contribution is 6.06. The average molecular weight is 377 g/mol. The molecule has 5 N–H and O–H groups in total. The first-order chi connectivity index (χ1) is 13.6. The van der Waals surface area contributed by atoms with Crippen LogP contribution in [0.25, 0.3) is 11.0 Å². The van der Waals surface area contributed by atoms with E-state index < -0.39 is 0 Å². The number of hydrogen-bond donors (Lipinski definition) is 4. The Morgan fingerprint density at radius 3 is 2.61 bits per heavy atom. The lowest BCUT2D eigenvalue weighted by atomic mass is 9.91. The van der Waals surface area contributed by atoms with Gasteiger partial charge >= 0.3 is 0 Å².